The van der Waals surface area contributed by atoms with Crippen molar-refractivity contribution in [3.05, 3.63) is 78.2 Å². The summed E-state index contributed by atoms with van der Waals surface area (Å²) in [5.41, 5.74) is 2.31. The van der Waals surface area contributed by atoms with Crippen molar-refractivity contribution in [1.29, 1.82) is 0 Å². The van der Waals surface area contributed by atoms with Crippen LogP contribution in [0.4, 0.5) is 11.5 Å². The number of nitrogens with zero attached hydrogens (tertiary/aromatic N) is 3. The second-order valence-electron chi connectivity index (χ2n) is 9.57. The molecule has 2 N–H and O–H groups in total. The van der Waals surface area contributed by atoms with Gasteiger partial charge in [-0.1, -0.05) is 30.3 Å². The highest BCUT2D eigenvalue weighted by Crippen LogP contribution is 2.30. The number of pyridine rings is 2. The molecule has 1 aliphatic carbocycles. The summed E-state index contributed by atoms with van der Waals surface area (Å²) in [5.74, 6) is 1.23. The van der Waals surface area contributed by atoms with Gasteiger partial charge >= 0.3 is 0 Å². The number of hydrogen-bond donors (Lipinski definition) is 2. The van der Waals surface area contributed by atoms with Gasteiger partial charge in [0, 0.05) is 30.3 Å². The fourth-order valence-electron chi connectivity index (χ4n) is 4.35. The van der Waals surface area contributed by atoms with Crippen LogP contribution in [0.1, 0.15) is 41.6 Å². The molecule has 1 aliphatic heterocycles. The summed E-state index contributed by atoms with van der Waals surface area (Å²) in [6, 6.07) is 15.5. The van der Waals surface area contributed by atoms with Gasteiger partial charge in [-0.05, 0) is 62.4 Å². The van der Waals surface area contributed by atoms with Crippen LogP contribution in [0.15, 0.2) is 67.1 Å². The Morgan fingerprint density at radius 3 is 2.56 bits per heavy atom. The summed E-state index contributed by atoms with van der Waals surface area (Å²) < 4.78 is 6.03. The quantitative estimate of drug-likeness (QED) is 0.467. The molecule has 2 aromatic heterocycles. The number of amides is 2. The van der Waals surface area contributed by atoms with E-state index in [1.165, 1.54) is 11.8 Å². The topological polar surface area (TPSA) is 96.4 Å². The summed E-state index contributed by atoms with van der Waals surface area (Å²) in [6.07, 6.45) is 8.77. The number of ether oxygens (including phenoxy) is 1. The van der Waals surface area contributed by atoms with Crippen molar-refractivity contribution in [3.8, 4) is 5.75 Å². The van der Waals surface area contributed by atoms with Crippen molar-refractivity contribution in [1.82, 2.24) is 14.9 Å². The number of carbonyl (C=O) groups excluding carboxylic acids is 2. The average molecular weight is 486 g/mol. The number of rotatable bonds is 9. The van der Waals surface area contributed by atoms with Crippen LogP contribution in [0.3, 0.4) is 0 Å². The molecule has 186 valence electrons. The molecular weight excluding hydrogens is 454 g/mol. The summed E-state index contributed by atoms with van der Waals surface area (Å²) in [6.45, 7) is 3.75. The number of benzene rings is 1. The van der Waals surface area contributed by atoms with Gasteiger partial charge < -0.3 is 15.4 Å². The lowest BCUT2D eigenvalue weighted by Gasteiger charge is -2.31. The first kappa shape index (κ1) is 23.9. The zero-order valence-electron chi connectivity index (χ0n) is 20.2. The zero-order valence-corrected chi connectivity index (χ0v) is 20.2. The molecule has 2 fully saturated rings. The molecule has 0 atom stereocenters. The minimum absolute atomic E-state index is 0.0454. The zero-order chi connectivity index (χ0) is 24.7. The molecule has 2 amide bonds. The number of anilines is 2. The maximum Gasteiger partial charge on any atom is 0.255 e. The second kappa shape index (κ2) is 11.3. The Morgan fingerprint density at radius 2 is 1.78 bits per heavy atom. The minimum atomic E-state index is -0.302. The van der Waals surface area contributed by atoms with E-state index in [9.17, 15) is 9.59 Å². The molecule has 1 saturated heterocycles. The Bertz CT molecular complexity index is 1190. The van der Waals surface area contributed by atoms with Crippen molar-refractivity contribution in [2.75, 3.05) is 30.3 Å². The molecule has 0 unspecified atom stereocenters. The molecule has 0 spiro atoms. The fourth-order valence-corrected chi connectivity index (χ4v) is 4.35. The van der Waals surface area contributed by atoms with Gasteiger partial charge in [-0.2, -0.15) is 0 Å². The Kier molecular flexibility index (Phi) is 7.52. The average Bonchev–Trinajstić information content (AvgIpc) is 3.75. The molecule has 8 nitrogen and oxygen atoms in total. The third-order valence-corrected chi connectivity index (χ3v) is 6.63. The predicted octanol–water partition coefficient (Wildman–Crippen LogP) is 4.37. The lowest BCUT2D eigenvalue weighted by Crippen LogP contribution is -2.35. The highest BCUT2D eigenvalue weighted by atomic mass is 16.5. The van der Waals surface area contributed by atoms with Crippen LogP contribution >= 0.6 is 0 Å². The fraction of sp³-hybridized carbons (Fsp3) is 0.357. The van der Waals surface area contributed by atoms with E-state index >= 15 is 0 Å². The first-order valence-corrected chi connectivity index (χ1v) is 12.5. The van der Waals surface area contributed by atoms with E-state index in [0.29, 0.717) is 35.3 Å². The smallest absolute Gasteiger partial charge is 0.255 e. The summed E-state index contributed by atoms with van der Waals surface area (Å²) >= 11 is 0. The number of carbonyl (C=O) groups is 2. The molecule has 2 aliphatic rings. The maximum atomic E-state index is 12.8. The number of likely N-dealkylation sites (tertiary alicyclic amines) is 1. The summed E-state index contributed by atoms with van der Waals surface area (Å²) in [4.78, 5) is 35.6. The monoisotopic (exact) mass is 485 g/mol. The molecule has 0 bridgehead atoms. The van der Waals surface area contributed by atoms with Gasteiger partial charge in [-0.15, -0.1) is 0 Å². The van der Waals surface area contributed by atoms with Crippen LogP contribution in [0.5, 0.6) is 5.75 Å². The SMILES string of the molecule is O=C(Nc1cncc(OCC2CCN(Cc3ccccc3)CC2)c1)c1ccnc(NC(=O)C2CC2)c1. The molecule has 3 heterocycles. The first-order chi connectivity index (χ1) is 17.6. The maximum absolute atomic E-state index is 12.8. The number of nitrogens with one attached hydrogen (secondary N) is 2. The highest BCUT2D eigenvalue weighted by molar-refractivity contribution is 6.05. The predicted molar refractivity (Wildman–Crippen MR) is 138 cm³/mol. The largest absolute Gasteiger partial charge is 0.492 e. The molecule has 1 saturated carbocycles. The van der Waals surface area contributed by atoms with Gasteiger partial charge in [0.15, 0.2) is 0 Å². The van der Waals surface area contributed by atoms with Crippen molar-refractivity contribution in [2.45, 2.75) is 32.2 Å². The molecule has 0 radical (unpaired) electrons. The Hall–Kier alpha value is -3.78. The van der Waals surface area contributed by atoms with E-state index in [1.807, 2.05) is 0 Å². The number of aromatic nitrogens is 2. The van der Waals surface area contributed by atoms with Gasteiger partial charge in [0.2, 0.25) is 5.91 Å². The van der Waals surface area contributed by atoms with Gasteiger partial charge in [-0.3, -0.25) is 19.5 Å². The van der Waals surface area contributed by atoms with Crippen LogP contribution in [-0.2, 0) is 11.3 Å². The van der Waals surface area contributed by atoms with Gasteiger partial charge in [0.25, 0.3) is 5.91 Å². The van der Waals surface area contributed by atoms with Crippen molar-refractivity contribution in [2.24, 2.45) is 11.8 Å². The van der Waals surface area contributed by atoms with Gasteiger partial charge in [0.05, 0.1) is 24.7 Å². The van der Waals surface area contributed by atoms with Crippen molar-refractivity contribution < 1.29 is 14.3 Å². The van der Waals surface area contributed by atoms with E-state index in [2.05, 4.69) is 55.8 Å². The van der Waals surface area contributed by atoms with Crippen molar-refractivity contribution >= 4 is 23.3 Å². The Morgan fingerprint density at radius 1 is 0.972 bits per heavy atom. The van der Waals surface area contributed by atoms with Crippen LogP contribution in [0.2, 0.25) is 0 Å². The van der Waals surface area contributed by atoms with E-state index in [4.69, 9.17) is 4.74 Å². The lowest BCUT2D eigenvalue weighted by molar-refractivity contribution is -0.117. The Labute approximate surface area is 211 Å². The van der Waals surface area contributed by atoms with Gasteiger partial charge in [-0.25, -0.2) is 4.98 Å². The lowest BCUT2D eigenvalue weighted by atomic mass is 9.97. The van der Waals surface area contributed by atoms with Gasteiger partial charge in [0.1, 0.15) is 11.6 Å². The molecule has 1 aromatic carbocycles. The van der Waals surface area contributed by atoms with Crippen LogP contribution in [0, 0.1) is 11.8 Å². The standard InChI is InChI=1S/C28H31N5O3/c34-27(22-6-7-22)32-26-14-23(8-11-30-26)28(35)31-24-15-25(17-29-16-24)36-19-21-9-12-33(13-10-21)18-20-4-2-1-3-5-20/h1-5,8,11,14-17,21-22H,6-7,9-10,12-13,18-19H2,(H,31,35)(H,30,32,34). The van der Waals surface area contributed by atoms with E-state index in [1.54, 1.807) is 30.6 Å². The minimum Gasteiger partial charge on any atom is -0.492 e. The summed E-state index contributed by atoms with van der Waals surface area (Å²) in [5, 5.41) is 5.62. The number of piperidine rings is 1. The second-order valence-corrected chi connectivity index (χ2v) is 9.57. The van der Waals surface area contributed by atoms with Crippen LogP contribution in [-0.4, -0.2) is 46.4 Å². The summed E-state index contributed by atoms with van der Waals surface area (Å²) in [7, 11) is 0. The molecule has 8 heteroatoms. The van der Waals surface area contributed by atoms with Crippen LogP contribution in [0.25, 0.3) is 0 Å². The third-order valence-electron chi connectivity index (χ3n) is 6.63. The normalized spacial score (nSPS) is 16.3. The highest BCUT2D eigenvalue weighted by Gasteiger charge is 2.29. The molecule has 36 heavy (non-hydrogen) atoms. The Balaban J connectivity index is 1.09. The third kappa shape index (κ3) is 6.66. The first-order valence-electron chi connectivity index (χ1n) is 12.5. The molecule has 3 aromatic rings. The van der Waals surface area contributed by atoms with Crippen molar-refractivity contribution in [3.63, 3.8) is 0 Å². The molecule has 5 rings (SSSR count). The van der Waals surface area contributed by atoms with E-state index in [-0.39, 0.29) is 17.7 Å². The van der Waals surface area contributed by atoms with Crippen LogP contribution < -0.4 is 15.4 Å². The number of hydrogen-bond acceptors (Lipinski definition) is 6. The molecular formula is C28H31N5O3. The van der Waals surface area contributed by atoms with E-state index in [0.717, 1.165) is 45.3 Å². The van der Waals surface area contributed by atoms with E-state index < -0.39 is 0 Å².